The van der Waals surface area contributed by atoms with Gasteiger partial charge in [0.25, 0.3) is 0 Å². The number of nitrogens with zero attached hydrogens (tertiary/aromatic N) is 3. The topological polar surface area (TPSA) is 38.1 Å². The Balaban J connectivity index is 1.83. The van der Waals surface area contributed by atoms with Crippen LogP contribution in [0, 0.1) is 0 Å². The zero-order chi connectivity index (χ0) is 13.8. The Morgan fingerprint density at radius 2 is 1.85 bits per heavy atom. The van der Waals surface area contributed by atoms with E-state index in [1.807, 2.05) is 49.4 Å². The first-order valence-corrected chi connectivity index (χ1v) is 6.60. The second-order valence-electron chi connectivity index (χ2n) is 4.61. The number of hydrogen-bond acceptors (Lipinski definition) is 3. The Kier molecular flexibility index (Phi) is 3.50. The maximum Gasteiger partial charge on any atom is 0.0837 e. The molecule has 0 saturated carbocycles. The van der Waals surface area contributed by atoms with E-state index in [-0.39, 0.29) is 0 Å². The third-order valence-corrected chi connectivity index (χ3v) is 3.17. The van der Waals surface area contributed by atoms with Gasteiger partial charge in [-0.2, -0.15) is 0 Å². The molecular formula is C17H15N3. The molecule has 3 rings (SSSR count). The summed E-state index contributed by atoms with van der Waals surface area (Å²) in [6.45, 7) is 2.55. The predicted octanol–water partition coefficient (Wildman–Crippen LogP) is 3.64. The van der Waals surface area contributed by atoms with Crippen LogP contribution in [0.25, 0.3) is 10.9 Å². The number of aliphatic imine (C=N–C) groups is 1. The number of para-hydroxylation sites is 1. The molecule has 0 saturated heterocycles. The molecule has 2 aromatic heterocycles. The molecule has 98 valence electrons. The quantitative estimate of drug-likeness (QED) is 0.675. The fraction of sp³-hybridized carbons (Fsp3) is 0.118. The lowest BCUT2D eigenvalue weighted by Gasteiger charge is -2.02. The molecule has 20 heavy (non-hydrogen) atoms. The van der Waals surface area contributed by atoms with Gasteiger partial charge in [0.05, 0.1) is 29.2 Å². The number of benzene rings is 1. The van der Waals surface area contributed by atoms with Gasteiger partial charge in [0.1, 0.15) is 0 Å². The SMILES string of the molecule is CC(=NCc1ccc2ccccc2n1)c1ccccn1. The van der Waals surface area contributed by atoms with Crippen molar-refractivity contribution in [2.45, 2.75) is 13.5 Å². The molecule has 0 fully saturated rings. The summed E-state index contributed by atoms with van der Waals surface area (Å²) < 4.78 is 0. The lowest BCUT2D eigenvalue weighted by molar-refractivity contribution is 1.00. The first-order chi connectivity index (χ1) is 9.83. The van der Waals surface area contributed by atoms with E-state index in [9.17, 15) is 0 Å². The normalized spacial score (nSPS) is 11.8. The maximum atomic E-state index is 4.61. The minimum absolute atomic E-state index is 0.577. The molecule has 0 aliphatic carbocycles. The first kappa shape index (κ1) is 12.5. The Morgan fingerprint density at radius 3 is 2.70 bits per heavy atom. The monoisotopic (exact) mass is 261 g/mol. The molecule has 3 nitrogen and oxygen atoms in total. The van der Waals surface area contributed by atoms with Gasteiger partial charge in [-0.1, -0.05) is 30.3 Å². The molecular weight excluding hydrogens is 246 g/mol. The van der Waals surface area contributed by atoms with Crippen molar-refractivity contribution in [1.82, 2.24) is 9.97 Å². The third-order valence-electron chi connectivity index (χ3n) is 3.17. The number of aromatic nitrogens is 2. The van der Waals surface area contributed by atoms with Crippen LogP contribution in [0.3, 0.4) is 0 Å². The zero-order valence-electron chi connectivity index (χ0n) is 11.3. The van der Waals surface area contributed by atoms with Crippen molar-refractivity contribution in [3.05, 3.63) is 72.2 Å². The summed E-state index contributed by atoms with van der Waals surface area (Å²) in [5, 5.41) is 1.15. The predicted molar refractivity (Wildman–Crippen MR) is 81.9 cm³/mol. The summed E-state index contributed by atoms with van der Waals surface area (Å²) in [6, 6.07) is 18.1. The fourth-order valence-corrected chi connectivity index (χ4v) is 2.05. The molecule has 3 heteroatoms. The molecule has 0 atom stereocenters. The minimum Gasteiger partial charge on any atom is -0.281 e. The average molecular weight is 261 g/mol. The molecule has 0 radical (unpaired) electrons. The van der Waals surface area contributed by atoms with Crippen molar-refractivity contribution in [3.63, 3.8) is 0 Å². The van der Waals surface area contributed by atoms with Crippen LogP contribution in [0.1, 0.15) is 18.3 Å². The molecule has 0 N–H and O–H groups in total. The van der Waals surface area contributed by atoms with Gasteiger partial charge < -0.3 is 0 Å². The highest BCUT2D eigenvalue weighted by molar-refractivity contribution is 5.96. The number of rotatable bonds is 3. The summed E-state index contributed by atoms with van der Waals surface area (Å²) in [5.74, 6) is 0. The first-order valence-electron chi connectivity index (χ1n) is 6.60. The molecule has 0 aliphatic rings. The highest BCUT2D eigenvalue weighted by Crippen LogP contribution is 2.12. The van der Waals surface area contributed by atoms with E-state index in [1.165, 1.54) is 0 Å². The smallest absolute Gasteiger partial charge is 0.0837 e. The van der Waals surface area contributed by atoms with Crippen LogP contribution in [-0.2, 0) is 6.54 Å². The van der Waals surface area contributed by atoms with Crippen molar-refractivity contribution >= 4 is 16.6 Å². The molecule has 1 aromatic carbocycles. The second kappa shape index (κ2) is 5.61. The Labute approximate surface area is 118 Å². The molecule has 0 amide bonds. The second-order valence-corrected chi connectivity index (χ2v) is 4.61. The van der Waals surface area contributed by atoms with Crippen molar-refractivity contribution in [3.8, 4) is 0 Å². The molecule has 0 unspecified atom stereocenters. The van der Waals surface area contributed by atoms with Gasteiger partial charge in [-0.25, -0.2) is 0 Å². The summed E-state index contributed by atoms with van der Waals surface area (Å²) in [6.07, 6.45) is 1.78. The van der Waals surface area contributed by atoms with Gasteiger partial charge in [0, 0.05) is 11.6 Å². The largest absolute Gasteiger partial charge is 0.281 e. The van der Waals surface area contributed by atoms with E-state index < -0.39 is 0 Å². The van der Waals surface area contributed by atoms with E-state index in [0.29, 0.717) is 6.54 Å². The van der Waals surface area contributed by atoms with E-state index in [0.717, 1.165) is 28.0 Å². The fourth-order valence-electron chi connectivity index (χ4n) is 2.05. The van der Waals surface area contributed by atoms with Crippen molar-refractivity contribution in [1.29, 1.82) is 0 Å². The highest BCUT2D eigenvalue weighted by atomic mass is 14.8. The van der Waals surface area contributed by atoms with Gasteiger partial charge in [0.2, 0.25) is 0 Å². The summed E-state index contributed by atoms with van der Waals surface area (Å²) in [5.41, 5.74) is 3.82. The number of hydrogen-bond donors (Lipinski definition) is 0. The van der Waals surface area contributed by atoms with Crippen molar-refractivity contribution in [2.75, 3.05) is 0 Å². The lowest BCUT2D eigenvalue weighted by atomic mass is 10.2. The molecule has 0 spiro atoms. The van der Waals surface area contributed by atoms with Crippen LogP contribution in [0.15, 0.2) is 65.8 Å². The summed E-state index contributed by atoms with van der Waals surface area (Å²) >= 11 is 0. The Hall–Kier alpha value is -2.55. The zero-order valence-corrected chi connectivity index (χ0v) is 11.3. The standard InChI is InChI=1S/C17H15N3/c1-13(16-7-4-5-11-18-16)19-12-15-10-9-14-6-2-3-8-17(14)20-15/h2-11H,12H2,1H3. The van der Waals surface area contributed by atoms with Gasteiger partial charge in [-0.3, -0.25) is 15.0 Å². The van der Waals surface area contributed by atoms with E-state index in [1.54, 1.807) is 6.20 Å². The van der Waals surface area contributed by atoms with Crippen LogP contribution in [0.4, 0.5) is 0 Å². The Morgan fingerprint density at radius 1 is 1.00 bits per heavy atom. The summed E-state index contributed by atoms with van der Waals surface area (Å²) in [7, 11) is 0. The average Bonchev–Trinajstić information content (AvgIpc) is 2.53. The molecule has 0 bridgehead atoms. The van der Waals surface area contributed by atoms with E-state index >= 15 is 0 Å². The number of pyridine rings is 2. The minimum atomic E-state index is 0.577. The lowest BCUT2D eigenvalue weighted by Crippen LogP contribution is -1.99. The van der Waals surface area contributed by atoms with Crippen molar-refractivity contribution < 1.29 is 0 Å². The van der Waals surface area contributed by atoms with Crippen molar-refractivity contribution in [2.24, 2.45) is 4.99 Å². The van der Waals surface area contributed by atoms with Crippen LogP contribution in [0.2, 0.25) is 0 Å². The van der Waals surface area contributed by atoms with Crippen LogP contribution < -0.4 is 0 Å². The van der Waals surface area contributed by atoms with Crippen LogP contribution >= 0.6 is 0 Å². The van der Waals surface area contributed by atoms with Crippen LogP contribution in [-0.4, -0.2) is 15.7 Å². The molecule has 3 aromatic rings. The molecule has 0 aliphatic heterocycles. The van der Waals surface area contributed by atoms with E-state index in [2.05, 4.69) is 27.1 Å². The highest BCUT2D eigenvalue weighted by Gasteiger charge is 1.99. The third kappa shape index (κ3) is 2.72. The summed E-state index contributed by atoms with van der Waals surface area (Å²) in [4.78, 5) is 13.5. The maximum absolute atomic E-state index is 4.61. The van der Waals surface area contributed by atoms with Gasteiger partial charge in [-0.05, 0) is 31.2 Å². The van der Waals surface area contributed by atoms with Crippen LogP contribution in [0.5, 0.6) is 0 Å². The van der Waals surface area contributed by atoms with Gasteiger partial charge in [0.15, 0.2) is 0 Å². The van der Waals surface area contributed by atoms with E-state index in [4.69, 9.17) is 0 Å². The van der Waals surface area contributed by atoms with Gasteiger partial charge >= 0.3 is 0 Å². The number of fused-ring (bicyclic) bond motifs is 1. The van der Waals surface area contributed by atoms with Gasteiger partial charge in [-0.15, -0.1) is 0 Å². The Bertz CT molecular complexity index is 748. The molecule has 2 heterocycles.